The van der Waals surface area contributed by atoms with Gasteiger partial charge in [0.2, 0.25) is 0 Å². The van der Waals surface area contributed by atoms with Crippen molar-refractivity contribution in [3.8, 4) is 0 Å². The number of carbonyl (C=O) groups excluding carboxylic acids is 2. The number of para-hydroxylation sites is 1. The molecule has 1 atom stereocenters. The molecule has 2 amide bonds. The predicted molar refractivity (Wildman–Crippen MR) is 114 cm³/mol. The molecular formula is C23H29N3O3. The quantitative estimate of drug-likeness (QED) is 0.755. The molecule has 2 N–H and O–H groups in total. The third-order valence-corrected chi connectivity index (χ3v) is 5.11. The summed E-state index contributed by atoms with van der Waals surface area (Å²) in [7, 11) is 0. The van der Waals surface area contributed by atoms with Crippen molar-refractivity contribution in [3.63, 3.8) is 0 Å². The number of rotatable bonds is 7. The standard InChI is InChI=1S/C23H29N3O3/c1-3-17(2)24-23(28)20-9-4-5-10-21(20)25-22(27)19-8-6-7-18(15-19)16-26-11-13-29-14-12-26/h4-10,15,17H,3,11-14,16H2,1-2H3,(H,24,28)(H,25,27). The molecule has 2 aromatic rings. The summed E-state index contributed by atoms with van der Waals surface area (Å²) in [5.41, 5.74) is 2.64. The molecule has 6 heteroatoms. The summed E-state index contributed by atoms with van der Waals surface area (Å²) in [5.74, 6) is -0.408. The Morgan fingerprint density at radius 3 is 2.59 bits per heavy atom. The second kappa shape index (κ2) is 10.2. The SMILES string of the molecule is CCC(C)NC(=O)c1ccccc1NC(=O)c1cccc(CN2CCOCC2)c1. The second-order valence-corrected chi connectivity index (χ2v) is 7.37. The van der Waals surface area contributed by atoms with Crippen LogP contribution >= 0.6 is 0 Å². The van der Waals surface area contributed by atoms with Crippen molar-refractivity contribution in [2.75, 3.05) is 31.6 Å². The van der Waals surface area contributed by atoms with E-state index < -0.39 is 0 Å². The summed E-state index contributed by atoms with van der Waals surface area (Å²) in [6.45, 7) is 8.05. The van der Waals surface area contributed by atoms with Crippen molar-refractivity contribution < 1.29 is 14.3 Å². The zero-order valence-corrected chi connectivity index (χ0v) is 17.1. The van der Waals surface area contributed by atoms with Gasteiger partial charge in [0.15, 0.2) is 0 Å². The molecule has 1 saturated heterocycles. The molecule has 1 unspecified atom stereocenters. The predicted octanol–water partition coefficient (Wildman–Crippen LogP) is 3.30. The first-order chi connectivity index (χ1) is 14.1. The van der Waals surface area contributed by atoms with E-state index in [0.717, 1.165) is 44.8 Å². The number of benzene rings is 2. The molecule has 1 aliphatic rings. The van der Waals surface area contributed by atoms with E-state index in [-0.39, 0.29) is 17.9 Å². The summed E-state index contributed by atoms with van der Waals surface area (Å²) >= 11 is 0. The lowest BCUT2D eigenvalue weighted by atomic mass is 10.1. The third kappa shape index (κ3) is 5.89. The van der Waals surface area contributed by atoms with Gasteiger partial charge in [0.25, 0.3) is 11.8 Å². The minimum absolute atomic E-state index is 0.0723. The van der Waals surface area contributed by atoms with Crippen LogP contribution in [0.2, 0.25) is 0 Å². The van der Waals surface area contributed by atoms with Crippen LogP contribution in [0.3, 0.4) is 0 Å². The van der Waals surface area contributed by atoms with Gasteiger partial charge >= 0.3 is 0 Å². The van der Waals surface area contributed by atoms with Crippen LogP contribution in [-0.2, 0) is 11.3 Å². The second-order valence-electron chi connectivity index (χ2n) is 7.37. The van der Waals surface area contributed by atoms with Crippen LogP contribution in [0.5, 0.6) is 0 Å². The van der Waals surface area contributed by atoms with Gasteiger partial charge in [-0.05, 0) is 43.2 Å². The molecule has 154 valence electrons. The Morgan fingerprint density at radius 1 is 1.07 bits per heavy atom. The summed E-state index contributed by atoms with van der Waals surface area (Å²) in [6, 6.07) is 14.8. The van der Waals surface area contributed by atoms with Gasteiger partial charge in [-0.25, -0.2) is 0 Å². The van der Waals surface area contributed by atoms with Crippen molar-refractivity contribution in [1.29, 1.82) is 0 Å². The lowest BCUT2D eigenvalue weighted by molar-refractivity contribution is 0.0342. The first-order valence-corrected chi connectivity index (χ1v) is 10.2. The molecule has 6 nitrogen and oxygen atoms in total. The number of nitrogens with one attached hydrogen (secondary N) is 2. The molecular weight excluding hydrogens is 366 g/mol. The van der Waals surface area contributed by atoms with Crippen molar-refractivity contribution >= 4 is 17.5 Å². The molecule has 0 radical (unpaired) electrons. The number of amides is 2. The summed E-state index contributed by atoms with van der Waals surface area (Å²) in [5, 5.41) is 5.84. The summed E-state index contributed by atoms with van der Waals surface area (Å²) < 4.78 is 5.39. The molecule has 0 saturated carbocycles. The van der Waals surface area contributed by atoms with Gasteiger partial charge in [0.05, 0.1) is 24.5 Å². The van der Waals surface area contributed by atoms with E-state index in [4.69, 9.17) is 4.74 Å². The first-order valence-electron chi connectivity index (χ1n) is 10.2. The van der Waals surface area contributed by atoms with E-state index in [9.17, 15) is 9.59 Å². The Balaban J connectivity index is 1.70. The Bertz CT molecular complexity index is 847. The highest BCUT2D eigenvalue weighted by atomic mass is 16.5. The van der Waals surface area contributed by atoms with Gasteiger partial charge in [-0.15, -0.1) is 0 Å². The van der Waals surface area contributed by atoms with Crippen LogP contribution in [0.15, 0.2) is 48.5 Å². The first kappa shape index (κ1) is 21.0. The molecule has 0 bridgehead atoms. The number of morpholine rings is 1. The van der Waals surface area contributed by atoms with Gasteiger partial charge < -0.3 is 15.4 Å². The molecule has 1 aliphatic heterocycles. The summed E-state index contributed by atoms with van der Waals surface area (Å²) in [6.07, 6.45) is 0.843. The number of hydrogen-bond acceptors (Lipinski definition) is 4. The fourth-order valence-electron chi connectivity index (χ4n) is 3.22. The van der Waals surface area contributed by atoms with Crippen LogP contribution < -0.4 is 10.6 Å². The minimum atomic E-state index is -0.224. The Labute approximate surface area is 172 Å². The average molecular weight is 396 g/mol. The maximum Gasteiger partial charge on any atom is 0.255 e. The van der Waals surface area contributed by atoms with Gasteiger partial charge in [-0.2, -0.15) is 0 Å². The fraction of sp³-hybridized carbons (Fsp3) is 0.391. The lowest BCUT2D eigenvalue weighted by Crippen LogP contribution is -2.35. The maximum atomic E-state index is 12.8. The van der Waals surface area contributed by atoms with E-state index in [2.05, 4.69) is 15.5 Å². The van der Waals surface area contributed by atoms with Crippen LogP contribution in [0.25, 0.3) is 0 Å². The van der Waals surface area contributed by atoms with Crippen molar-refractivity contribution in [2.24, 2.45) is 0 Å². The van der Waals surface area contributed by atoms with E-state index >= 15 is 0 Å². The van der Waals surface area contributed by atoms with Crippen molar-refractivity contribution in [2.45, 2.75) is 32.9 Å². The van der Waals surface area contributed by atoms with Crippen LogP contribution in [0.4, 0.5) is 5.69 Å². The van der Waals surface area contributed by atoms with Gasteiger partial charge in [0.1, 0.15) is 0 Å². The zero-order chi connectivity index (χ0) is 20.6. The highest BCUT2D eigenvalue weighted by molar-refractivity contribution is 6.09. The van der Waals surface area contributed by atoms with Crippen molar-refractivity contribution in [3.05, 3.63) is 65.2 Å². The zero-order valence-electron chi connectivity index (χ0n) is 17.1. The largest absolute Gasteiger partial charge is 0.379 e. The van der Waals surface area contributed by atoms with Gasteiger partial charge in [-0.3, -0.25) is 14.5 Å². The smallest absolute Gasteiger partial charge is 0.255 e. The molecule has 0 aliphatic carbocycles. The Kier molecular flexibility index (Phi) is 7.38. The normalized spacial score (nSPS) is 15.5. The fourth-order valence-corrected chi connectivity index (χ4v) is 3.22. The summed E-state index contributed by atoms with van der Waals surface area (Å²) in [4.78, 5) is 27.7. The monoisotopic (exact) mass is 395 g/mol. The molecule has 1 heterocycles. The molecule has 1 fully saturated rings. The molecule has 3 rings (SSSR count). The Hall–Kier alpha value is -2.70. The Morgan fingerprint density at radius 2 is 1.83 bits per heavy atom. The average Bonchev–Trinajstić information content (AvgIpc) is 2.75. The van der Waals surface area contributed by atoms with Gasteiger partial charge in [-0.1, -0.05) is 31.2 Å². The lowest BCUT2D eigenvalue weighted by Gasteiger charge is -2.26. The van der Waals surface area contributed by atoms with Crippen molar-refractivity contribution in [1.82, 2.24) is 10.2 Å². The number of hydrogen-bond donors (Lipinski definition) is 2. The molecule has 0 spiro atoms. The molecule has 0 aromatic heterocycles. The third-order valence-electron chi connectivity index (χ3n) is 5.11. The van der Waals surface area contributed by atoms with E-state index in [1.165, 1.54) is 0 Å². The number of nitrogens with zero attached hydrogens (tertiary/aromatic N) is 1. The number of ether oxygens (including phenoxy) is 1. The maximum absolute atomic E-state index is 12.8. The van der Waals surface area contributed by atoms with Gasteiger partial charge in [0, 0.05) is 31.2 Å². The highest BCUT2D eigenvalue weighted by Gasteiger charge is 2.16. The molecule has 29 heavy (non-hydrogen) atoms. The van der Waals surface area contributed by atoms with E-state index in [1.807, 2.05) is 38.1 Å². The van der Waals surface area contributed by atoms with E-state index in [1.54, 1.807) is 24.3 Å². The van der Waals surface area contributed by atoms with E-state index in [0.29, 0.717) is 16.8 Å². The number of carbonyl (C=O) groups is 2. The highest BCUT2D eigenvalue weighted by Crippen LogP contribution is 2.18. The van der Waals surface area contributed by atoms with Crippen LogP contribution in [0, 0.1) is 0 Å². The topological polar surface area (TPSA) is 70.7 Å². The van der Waals surface area contributed by atoms with Crippen LogP contribution in [-0.4, -0.2) is 49.1 Å². The minimum Gasteiger partial charge on any atom is -0.379 e. The van der Waals surface area contributed by atoms with Crippen LogP contribution in [0.1, 0.15) is 46.5 Å². The number of anilines is 1. The molecule has 2 aromatic carbocycles.